The lowest BCUT2D eigenvalue weighted by atomic mass is 10.0. The first-order valence-electron chi connectivity index (χ1n) is 12.4. The van der Waals surface area contributed by atoms with Crippen LogP contribution >= 0.6 is 0 Å². The van der Waals surface area contributed by atoms with Crippen molar-refractivity contribution in [2.45, 2.75) is 19.5 Å². The summed E-state index contributed by atoms with van der Waals surface area (Å²) in [4.78, 5) is 19.9. The van der Waals surface area contributed by atoms with Crippen molar-refractivity contribution in [2.24, 2.45) is 5.92 Å². The topological polar surface area (TPSA) is 51.7 Å². The quantitative estimate of drug-likeness (QED) is 0.296. The summed E-state index contributed by atoms with van der Waals surface area (Å²) in [5.74, 6) is 1.22. The second-order valence-electron chi connectivity index (χ2n) is 9.11. The number of rotatable bonds is 9. The second kappa shape index (κ2) is 11.6. The van der Waals surface area contributed by atoms with Gasteiger partial charge in [-0.2, -0.15) is 0 Å². The number of amides is 1. The van der Waals surface area contributed by atoms with Crippen LogP contribution in [0, 0.1) is 5.92 Å². The van der Waals surface area contributed by atoms with Gasteiger partial charge in [0, 0.05) is 30.8 Å². The molecule has 3 aromatic carbocycles. The summed E-state index contributed by atoms with van der Waals surface area (Å²) in [6.07, 6.45) is 2.79. The molecule has 1 saturated heterocycles. The molecule has 1 amide bonds. The molecule has 1 unspecified atom stereocenters. The highest BCUT2D eigenvalue weighted by Crippen LogP contribution is 2.22. The largest absolute Gasteiger partial charge is 0.493 e. The van der Waals surface area contributed by atoms with Gasteiger partial charge in [-0.3, -0.25) is 9.78 Å². The zero-order chi connectivity index (χ0) is 24.6. The van der Waals surface area contributed by atoms with Crippen molar-refractivity contribution in [1.29, 1.82) is 0 Å². The number of benzene rings is 3. The third-order valence-electron chi connectivity index (χ3n) is 6.39. The van der Waals surface area contributed by atoms with E-state index in [4.69, 9.17) is 9.47 Å². The van der Waals surface area contributed by atoms with Crippen LogP contribution < -0.4 is 4.74 Å². The Kier molecular flexibility index (Phi) is 7.69. The highest BCUT2D eigenvalue weighted by Gasteiger charge is 2.19. The molecule has 5 nitrogen and oxygen atoms in total. The van der Waals surface area contributed by atoms with Crippen molar-refractivity contribution in [3.63, 3.8) is 0 Å². The predicted octanol–water partition coefficient (Wildman–Crippen LogP) is 6.01. The molecule has 1 atom stereocenters. The van der Waals surface area contributed by atoms with Crippen LogP contribution in [-0.4, -0.2) is 35.6 Å². The fraction of sp³-hybridized carbons (Fsp3) is 0.226. The fourth-order valence-corrected chi connectivity index (χ4v) is 4.39. The Balaban J connectivity index is 1.33. The summed E-state index contributed by atoms with van der Waals surface area (Å²) in [5.41, 5.74) is 4.73. The molecule has 4 aromatic rings. The average molecular weight is 479 g/mol. The van der Waals surface area contributed by atoms with E-state index in [0.717, 1.165) is 47.8 Å². The molecule has 0 aliphatic carbocycles. The minimum atomic E-state index is -0.0327. The van der Waals surface area contributed by atoms with Gasteiger partial charge in [-0.15, -0.1) is 0 Å². The Bertz CT molecular complexity index is 1250. The van der Waals surface area contributed by atoms with E-state index in [-0.39, 0.29) is 5.91 Å². The molecule has 1 aromatic heterocycles. The van der Waals surface area contributed by atoms with E-state index in [2.05, 4.69) is 17.1 Å². The van der Waals surface area contributed by atoms with Crippen LogP contribution in [0.1, 0.15) is 28.0 Å². The summed E-state index contributed by atoms with van der Waals surface area (Å²) in [7, 11) is 0. The van der Waals surface area contributed by atoms with Gasteiger partial charge in [0.25, 0.3) is 5.91 Å². The van der Waals surface area contributed by atoms with E-state index < -0.39 is 0 Å². The number of hydrogen-bond acceptors (Lipinski definition) is 4. The molecule has 2 heterocycles. The molecule has 1 aliphatic rings. The zero-order valence-electron chi connectivity index (χ0n) is 20.3. The first kappa shape index (κ1) is 23.8. The molecule has 0 N–H and O–H groups in total. The lowest BCUT2D eigenvalue weighted by molar-refractivity contribution is 0.0727. The smallest absolute Gasteiger partial charge is 0.254 e. The van der Waals surface area contributed by atoms with E-state index in [9.17, 15) is 4.79 Å². The van der Waals surface area contributed by atoms with E-state index in [1.165, 1.54) is 0 Å². The van der Waals surface area contributed by atoms with Crippen molar-refractivity contribution >= 4 is 5.91 Å². The summed E-state index contributed by atoms with van der Waals surface area (Å²) in [5, 5.41) is 0. The molecular weight excluding hydrogens is 448 g/mol. The van der Waals surface area contributed by atoms with Crippen LogP contribution in [0.15, 0.2) is 103 Å². The van der Waals surface area contributed by atoms with Crippen LogP contribution in [0.3, 0.4) is 0 Å². The Morgan fingerprint density at radius 3 is 2.44 bits per heavy atom. The minimum absolute atomic E-state index is 0.0327. The SMILES string of the molecule is O=C(c1ccc(-c2ccccc2)cc1)N(Cc1cccc(OCC2CCOC2)c1)Cc1ccccn1. The van der Waals surface area contributed by atoms with Gasteiger partial charge < -0.3 is 14.4 Å². The third-order valence-corrected chi connectivity index (χ3v) is 6.39. The fourth-order valence-electron chi connectivity index (χ4n) is 4.39. The van der Waals surface area contributed by atoms with Gasteiger partial charge in [0.15, 0.2) is 0 Å². The van der Waals surface area contributed by atoms with Crippen molar-refractivity contribution in [2.75, 3.05) is 19.8 Å². The van der Waals surface area contributed by atoms with Gasteiger partial charge in [0.05, 0.1) is 25.5 Å². The maximum absolute atomic E-state index is 13.6. The number of hydrogen-bond donors (Lipinski definition) is 0. The first-order chi connectivity index (χ1) is 17.7. The minimum Gasteiger partial charge on any atom is -0.493 e. The summed E-state index contributed by atoms with van der Waals surface area (Å²) in [6.45, 7) is 3.10. The summed E-state index contributed by atoms with van der Waals surface area (Å²) >= 11 is 0. The summed E-state index contributed by atoms with van der Waals surface area (Å²) in [6, 6.07) is 31.8. The van der Waals surface area contributed by atoms with Crippen LogP contribution in [0.25, 0.3) is 11.1 Å². The number of pyridine rings is 1. The Morgan fingerprint density at radius 2 is 1.69 bits per heavy atom. The number of carbonyl (C=O) groups is 1. The number of carbonyl (C=O) groups excluding carboxylic acids is 1. The van der Waals surface area contributed by atoms with Gasteiger partial charge >= 0.3 is 0 Å². The van der Waals surface area contributed by atoms with Gasteiger partial charge in [0.2, 0.25) is 0 Å². The molecule has 1 aliphatic heterocycles. The molecule has 182 valence electrons. The number of nitrogens with zero attached hydrogens (tertiary/aromatic N) is 2. The zero-order valence-corrected chi connectivity index (χ0v) is 20.3. The molecule has 5 heteroatoms. The highest BCUT2D eigenvalue weighted by molar-refractivity contribution is 5.94. The maximum atomic E-state index is 13.6. The third kappa shape index (κ3) is 6.18. The molecule has 0 saturated carbocycles. The van der Waals surface area contributed by atoms with Crippen molar-refractivity contribution in [3.8, 4) is 16.9 Å². The van der Waals surface area contributed by atoms with Gasteiger partial charge in [-0.1, -0.05) is 60.7 Å². The highest BCUT2D eigenvalue weighted by atomic mass is 16.5. The Morgan fingerprint density at radius 1 is 0.889 bits per heavy atom. The Labute approximate surface area is 212 Å². The molecule has 0 radical (unpaired) electrons. The van der Waals surface area contributed by atoms with E-state index in [1.807, 2.05) is 89.8 Å². The van der Waals surface area contributed by atoms with Crippen molar-refractivity contribution in [1.82, 2.24) is 9.88 Å². The second-order valence-corrected chi connectivity index (χ2v) is 9.11. The monoisotopic (exact) mass is 478 g/mol. The van der Waals surface area contributed by atoms with Gasteiger partial charge in [-0.25, -0.2) is 0 Å². The first-order valence-corrected chi connectivity index (χ1v) is 12.4. The standard InChI is InChI=1S/C31H30N2O3/c34-31(28-14-12-27(13-15-28)26-8-2-1-3-9-26)33(21-29-10-4-5-17-32-29)20-24-7-6-11-30(19-24)36-23-25-16-18-35-22-25/h1-15,17,19,25H,16,18,20-23H2. The Hall–Kier alpha value is -3.96. The van der Waals surface area contributed by atoms with Gasteiger partial charge in [-0.05, 0) is 59.5 Å². The molecular formula is C31H30N2O3. The normalized spacial score (nSPS) is 14.9. The lowest BCUT2D eigenvalue weighted by Crippen LogP contribution is -2.30. The van der Waals surface area contributed by atoms with E-state index in [1.54, 1.807) is 6.20 Å². The van der Waals surface area contributed by atoms with Crippen LogP contribution in [0.4, 0.5) is 0 Å². The van der Waals surface area contributed by atoms with E-state index in [0.29, 0.717) is 31.2 Å². The van der Waals surface area contributed by atoms with Crippen LogP contribution in [0.5, 0.6) is 5.75 Å². The van der Waals surface area contributed by atoms with E-state index >= 15 is 0 Å². The number of aromatic nitrogens is 1. The van der Waals surface area contributed by atoms with Gasteiger partial charge in [0.1, 0.15) is 5.75 Å². The van der Waals surface area contributed by atoms with Crippen LogP contribution in [-0.2, 0) is 17.8 Å². The summed E-state index contributed by atoms with van der Waals surface area (Å²) < 4.78 is 11.5. The lowest BCUT2D eigenvalue weighted by Gasteiger charge is -2.23. The molecule has 1 fully saturated rings. The molecule has 0 bridgehead atoms. The number of ether oxygens (including phenoxy) is 2. The average Bonchev–Trinajstić information content (AvgIpc) is 3.46. The molecule has 5 rings (SSSR count). The van der Waals surface area contributed by atoms with Crippen LogP contribution in [0.2, 0.25) is 0 Å². The van der Waals surface area contributed by atoms with Crippen molar-refractivity contribution in [3.05, 3.63) is 120 Å². The van der Waals surface area contributed by atoms with Crippen molar-refractivity contribution < 1.29 is 14.3 Å². The predicted molar refractivity (Wildman–Crippen MR) is 141 cm³/mol. The molecule has 36 heavy (non-hydrogen) atoms. The molecule has 0 spiro atoms. The maximum Gasteiger partial charge on any atom is 0.254 e.